The molecule has 0 aliphatic rings. The van der Waals surface area contributed by atoms with Crippen molar-refractivity contribution in [3.8, 4) is 0 Å². The third-order valence-electron chi connectivity index (χ3n) is 4.16. The van der Waals surface area contributed by atoms with Crippen molar-refractivity contribution in [2.45, 2.75) is 20.8 Å². The van der Waals surface area contributed by atoms with Crippen molar-refractivity contribution in [3.63, 3.8) is 0 Å². The molecule has 0 bridgehead atoms. The van der Waals surface area contributed by atoms with E-state index in [1.54, 1.807) is 39.0 Å². The molecule has 0 unspecified atom stereocenters. The van der Waals surface area contributed by atoms with E-state index >= 15 is 0 Å². The number of carbonyl (C=O) groups is 1. The van der Waals surface area contributed by atoms with Gasteiger partial charge in [-0.05, 0) is 51.1 Å². The zero-order valence-electron chi connectivity index (χ0n) is 15.3. The van der Waals surface area contributed by atoms with E-state index in [2.05, 4.69) is 5.32 Å². The Bertz CT molecular complexity index is 955. The SMILES string of the molecule is CCN(c1ccc(C(=O)Nc2cccc([N+](=O)[O-])c2C)cc1)S(=O)(=O)CC. The predicted octanol–water partition coefficient (Wildman–Crippen LogP) is 3.33. The van der Waals surface area contributed by atoms with E-state index in [1.165, 1.54) is 28.6 Å². The average molecular weight is 391 g/mol. The highest BCUT2D eigenvalue weighted by molar-refractivity contribution is 7.92. The summed E-state index contributed by atoms with van der Waals surface area (Å²) in [6, 6.07) is 10.6. The second kappa shape index (κ2) is 8.17. The molecular weight excluding hydrogens is 370 g/mol. The molecule has 2 aromatic carbocycles. The molecule has 27 heavy (non-hydrogen) atoms. The highest BCUT2D eigenvalue weighted by atomic mass is 32.2. The number of amides is 1. The number of hydrogen-bond acceptors (Lipinski definition) is 5. The Morgan fingerprint density at radius 1 is 1.15 bits per heavy atom. The highest BCUT2D eigenvalue weighted by Gasteiger charge is 2.19. The number of anilines is 2. The second-order valence-corrected chi connectivity index (χ2v) is 7.96. The summed E-state index contributed by atoms with van der Waals surface area (Å²) >= 11 is 0. The standard InChI is InChI=1S/C18H21N3O5S/c1-4-20(27(25,26)5-2)15-11-9-14(10-12-15)18(22)19-16-7-6-8-17(13(16)3)21(23)24/h6-12H,4-5H2,1-3H3,(H,19,22). The molecule has 0 aliphatic heterocycles. The molecule has 0 saturated carbocycles. The molecule has 2 aromatic rings. The maximum Gasteiger partial charge on any atom is 0.274 e. The van der Waals surface area contributed by atoms with Gasteiger partial charge in [0.1, 0.15) is 0 Å². The van der Waals surface area contributed by atoms with Crippen LogP contribution >= 0.6 is 0 Å². The molecule has 0 radical (unpaired) electrons. The summed E-state index contributed by atoms with van der Waals surface area (Å²) < 4.78 is 25.5. The Kier molecular flexibility index (Phi) is 6.17. The van der Waals surface area contributed by atoms with Crippen molar-refractivity contribution >= 4 is 33.0 Å². The fourth-order valence-electron chi connectivity index (χ4n) is 2.63. The average Bonchev–Trinajstić information content (AvgIpc) is 2.64. The maximum absolute atomic E-state index is 12.4. The van der Waals surface area contributed by atoms with E-state index in [-0.39, 0.29) is 18.0 Å². The van der Waals surface area contributed by atoms with E-state index < -0.39 is 20.9 Å². The van der Waals surface area contributed by atoms with Gasteiger partial charge in [-0.2, -0.15) is 0 Å². The number of carbonyl (C=O) groups excluding carboxylic acids is 1. The van der Waals surface area contributed by atoms with Crippen molar-refractivity contribution in [1.82, 2.24) is 0 Å². The van der Waals surface area contributed by atoms with Gasteiger partial charge in [0.05, 0.1) is 27.6 Å². The lowest BCUT2D eigenvalue weighted by Crippen LogP contribution is -2.32. The first kappa shape index (κ1) is 20.4. The van der Waals surface area contributed by atoms with Gasteiger partial charge in [-0.25, -0.2) is 8.42 Å². The van der Waals surface area contributed by atoms with Crippen molar-refractivity contribution in [2.75, 3.05) is 21.9 Å². The number of benzene rings is 2. The molecule has 0 aromatic heterocycles. The summed E-state index contributed by atoms with van der Waals surface area (Å²) in [5.74, 6) is -0.457. The lowest BCUT2D eigenvalue weighted by molar-refractivity contribution is -0.385. The van der Waals surface area contributed by atoms with Crippen LogP contribution in [0.15, 0.2) is 42.5 Å². The summed E-state index contributed by atoms with van der Waals surface area (Å²) in [6.45, 7) is 5.15. The maximum atomic E-state index is 12.4. The number of rotatable bonds is 7. The summed E-state index contributed by atoms with van der Waals surface area (Å²) in [5, 5.41) is 13.7. The Balaban J connectivity index is 2.24. The van der Waals surface area contributed by atoms with Crippen LogP contribution in [0.2, 0.25) is 0 Å². The largest absolute Gasteiger partial charge is 0.321 e. The molecule has 0 heterocycles. The monoisotopic (exact) mass is 391 g/mol. The number of hydrogen-bond donors (Lipinski definition) is 1. The van der Waals surface area contributed by atoms with Crippen LogP contribution < -0.4 is 9.62 Å². The van der Waals surface area contributed by atoms with Crippen LogP contribution in [0.3, 0.4) is 0 Å². The summed E-state index contributed by atoms with van der Waals surface area (Å²) in [5.41, 5.74) is 1.42. The molecule has 0 fully saturated rings. The molecular formula is C18H21N3O5S. The fraction of sp³-hybridized carbons (Fsp3) is 0.278. The second-order valence-electron chi connectivity index (χ2n) is 5.77. The van der Waals surface area contributed by atoms with E-state index in [0.717, 1.165) is 0 Å². The predicted molar refractivity (Wildman–Crippen MR) is 105 cm³/mol. The van der Waals surface area contributed by atoms with Crippen molar-refractivity contribution in [2.24, 2.45) is 0 Å². The van der Waals surface area contributed by atoms with Crippen LogP contribution in [0.25, 0.3) is 0 Å². The normalized spacial score (nSPS) is 11.1. The van der Waals surface area contributed by atoms with Crippen LogP contribution in [-0.4, -0.2) is 31.5 Å². The number of nitrogens with zero attached hydrogens (tertiary/aromatic N) is 2. The quantitative estimate of drug-likeness (QED) is 0.575. The van der Waals surface area contributed by atoms with Crippen LogP contribution in [-0.2, 0) is 10.0 Å². The van der Waals surface area contributed by atoms with Gasteiger partial charge in [0.25, 0.3) is 11.6 Å². The minimum absolute atomic E-state index is 0.0187. The summed E-state index contributed by atoms with van der Waals surface area (Å²) in [4.78, 5) is 22.9. The first-order valence-electron chi connectivity index (χ1n) is 8.37. The van der Waals surface area contributed by atoms with Gasteiger partial charge < -0.3 is 5.32 Å². The van der Waals surface area contributed by atoms with Crippen LogP contribution in [0.5, 0.6) is 0 Å². The van der Waals surface area contributed by atoms with Gasteiger partial charge in [0, 0.05) is 18.2 Å². The van der Waals surface area contributed by atoms with Crippen LogP contribution in [0, 0.1) is 17.0 Å². The van der Waals surface area contributed by atoms with E-state index in [0.29, 0.717) is 22.5 Å². The van der Waals surface area contributed by atoms with Crippen LogP contribution in [0.1, 0.15) is 29.8 Å². The van der Waals surface area contributed by atoms with E-state index in [9.17, 15) is 23.3 Å². The minimum Gasteiger partial charge on any atom is -0.321 e. The molecule has 0 aliphatic carbocycles. The molecule has 9 heteroatoms. The topological polar surface area (TPSA) is 110 Å². The Morgan fingerprint density at radius 2 is 1.78 bits per heavy atom. The number of nitro groups is 1. The van der Waals surface area contributed by atoms with Gasteiger partial charge in [0.2, 0.25) is 10.0 Å². The smallest absolute Gasteiger partial charge is 0.274 e. The van der Waals surface area contributed by atoms with Gasteiger partial charge in [0.15, 0.2) is 0 Å². The molecule has 0 spiro atoms. The minimum atomic E-state index is -3.39. The number of sulfonamides is 1. The van der Waals surface area contributed by atoms with E-state index in [4.69, 9.17) is 0 Å². The summed E-state index contributed by atoms with van der Waals surface area (Å²) in [6.07, 6.45) is 0. The Morgan fingerprint density at radius 3 is 2.30 bits per heavy atom. The van der Waals surface area contributed by atoms with Crippen molar-refractivity contribution in [3.05, 3.63) is 63.7 Å². The zero-order chi connectivity index (χ0) is 20.2. The number of nitro benzene ring substituents is 1. The summed E-state index contributed by atoms with van der Waals surface area (Å²) in [7, 11) is -3.39. The van der Waals surface area contributed by atoms with Gasteiger partial charge in [-0.1, -0.05) is 6.07 Å². The molecule has 0 saturated heterocycles. The lowest BCUT2D eigenvalue weighted by Gasteiger charge is -2.22. The fourth-order valence-corrected chi connectivity index (χ4v) is 3.77. The molecule has 1 N–H and O–H groups in total. The van der Waals surface area contributed by atoms with Gasteiger partial charge in [-0.15, -0.1) is 0 Å². The molecule has 8 nitrogen and oxygen atoms in total. The Hall–Kier alpha value is -2.94. The number of nitrogens with one attached hydrogen (secondary N) is 1. The highest BCUT2D eigenvalue weighted by Crippen LogP contribution is 2.26. The molecule has 2 rings (SSSR count). The Labute approximate surface area is 158 Å². The third kappa shape index (κ3) is 4.43. The first-order valence-corrected chi connectivity index (χ1v) is 9.98. The zero-order valence-corrected chi connectivity index (χ0v) is 16.1. The molecule has 0 atom stereocenters. The van der Waals surface area contributed by atoms with Crippen LogP contribution in [0.4, 0.5) is 17.1 Å². The third-order valence-corrected chi connectivity index (χ3v) is 6.03. The van der Waals surface area contributed by atoms with Gasteiger partial charge >= 0.3 is 0 Å². The first-order chi connectivity index (χ1) is 12.7. The van der Waals surface area contributed by atoms with E-state index in [1.807, 2.05) is 0 Å². The lowest BCUT2D eigenvalue weighted by atomic mass is 10.1. The molecule has 144 valence electrons. The van der Waals surface area contributed by atoms with Crippen molar-refractivity contribution < 1.29 is 18.1 Å². The van der Waals surface area contributed by atoms with Gasteiger partial charge in [-0.3, -0.25) is 19.2 Å². The van der Waals surface area contributed by atoms with Crippen molar-refractivity contribution in [1.29, 1.82) is 0 Å². The molecule has 1 amide bonds.